The second kappa shape index (κ2) is 11.8. The van der Waals surface area contributed by atoms with Crippen LogP contribution in [0.1, 0.15) is 23.6 Å². The second-order valence-corrected chi connectivity index (χ2v) is 8.30. The molecule has 0 amide bonds. The molecule has 8 heteroatoms. The van der Waals surface area contributed by atoms with Gasteiger partial charge in [0.1, 0.15) is 11.5 Å². The van der Waals surface area contributed by atoms with Gasteiger partial charge in [0.2, 0.25) is 0 Å². The molecule has 0 fully saturated rings. The number of nitriles is 1. The molecule has 32 heavy (non-hydrogen) atoms. The molecular weight excluding hydrogens is 428 g/mol. The number of nitrogens with zero attached hydrogens (tertiary/aromatic N) is 1. The van der Waals surface area contributed by atoms with Crippen molar-refractivity contribution < 1.29 is 22.9 Å². The van der Waals surface area contributed by atoms with Crippen LogP contribution >= 0.6 is 0 Å². The van der Waals surface area contributed by atoms with E-state index in [1.54, 1.807) is 36.4 Å². The lowest BCUT2D eigenvalue weighted by atomic mass is 10.1. The minimum atomic E-state index is -4.02. The molecule has 3 rings (SSSR count). The average Bonchev–Trinajstić information content (AvgIpc) is 2.78. The molecule has 3 aromatic rings. The van der Waals surface area contributed by atoms with E-state index in [-0.39, 0.29) is 10.9 Å². The summed E-state index contributed by atoms with van der Waals surface area (Å²) in [6.45, 7) is 3.68. The molecular formula is C24H24N2O5S. The first-order valence-electron chi connectivity index (χ1n) is 9.61. The van der Waals surface area contributed by atoms with Gasteiger partial charge in [-0.05, 0) is 67.9 Å². The first kappa shape index (κ1) is 24.8. The van der Waals surface area contributed by atoms with Gasteiger partial charge in [-0.25, -0.2) is 0 Å². The molecule has 0 aliphatic rings. The number of hydrogen-bond acceptors (Lipinski definition) is 6. The molecule has 0 bridgehead atoms. The zero-order chi connectivity index (χ0) is 23.6. The van der Waals surface area contributed by atoms with Crippen molar-refractivity contribution >= 4 is 16.2 Å². The van der Waals surface area contributed by atoms with Crippen molar-refractivity contribution in [1.82, 2.24) is 5.48 Å². The van der Waals surface area contributed by atoms with E-state index >= 15 is 0 Å². The molecule has 166 valence electrons. The second-order valence-electron chi connectivity index (χ2n) is 6.88. The smallest absolute Gasteiger partial charge is 0.294 e. The molecule has 0 aromatic heterocycles. The van der Waals surface area contributed by atoms with Crippen LogP contribution in [0.2, 0.25) is 0 Å². The maximum Gasteiger partial charge on any atom is 0.294 e. The number of nitrogens with one attached hydrogen (secondary N) is 1. The summed E-state index contributed by atoms with van der Waals surface area (Å²) in [5.41, 5.74) is 4.69. The number of hydroxylamine groups is 1. The minimum absolute atomic E-state index is 0.0666. The summed E-state index contributed by atoms with van der Waals surface area (Å²) in [5, 5.41) is 17.5. The van der Waals surface area contributed by atoms with Crippen molar-refractivity contribution in [3.8, 4) is 17.6 Å². The topological polar surface area (TPSA) is 120 Å². The Hall–Kier alpha value is -3.48. The molecule has 1 unspecified atom stereocenters. The highest BCUT2D eigenvalue weighted by Crippen LogP contribution is 2.23. The van der Waals surface area contributed by atoms with Gasteiger partial charge in [-0.2, -0.15) is 19.2 Å². The van der Waals surface area contributed by atoms with Gasteiger partial charge in [0.25, 0.3) is 10.1 Å². The lowest BCUT2D eigenvalue weighted by molar-refractivity contribution is 0.150. The lowest BCUT2D eigenvalue weighted by Crippen LogP contribution is -2.18. The van der Waals surface area contributed by atoms with Gasteiger partial charge < -0.3 is 9.94 Å². The van der Waals surface area contributed by atoms with Crippen molar-refractivity contribution in [1.29, 1.82) is 5.26 Å². The minimum Gasteiger partial charge on any atom is -0.457 e. The van der Waals surface area contributed by atoms with Gasteiger partial charge >= 0.3 is 0 Å². The Morgan fingerprint density at radius 3 is 2.25 bits per heavy atom. The van der Waals surface area contributed by atoms with Crippen LogP contribution in [0.5, 0.6) is 11.5 Å². The number of ether oxygens (including phenoxy) is 1. The van der Waals surface area contributed by atoms with Crippen LogP contribution in [0, 0.1) is 18.3 Å². The van der Waals surface area contributed by atoms with Crippen LogP contribution in [0.3, 0.4) is 0 Å². The zero-order valence-corrected chi connectivity index (χ0v) is 18.5. The highest BCUT2D eigenvalue weighted by molar-refractivity contribution is 7.85. The van der Waals surface area contributed by atoms with Crippen LogP contribution in [-0.2, 0) is 10.1 Å². The number of hydrogen-bond donors (Lipinski definition) is 3. The van der Waals surface area contributed by atoms with E-state index in [4.69, 9.17) is 19.8 Å². The Labute approximate surface area is 187 Å². The number of aryl methyl sites for hydroxylation is 1. The van der Waals surface area contributed by atoms with Crippen LogP contribution in [0.15, 0.2) is 83.8 Å². The molecule has 0 aliphatic carbocycles. The fourth-order valence-electron chi connectivity index (χ4n) is 2.42. The van der Waals surface area contributed by atoms with Gasteiger partial charge in [-0.1, -0.05) is 42.0 Å². The van der Waals surface area contributed by atoms with Crippen LogP contribution in [0.25, 0.3) is 6.08 Å². The van der Waals surface area contributed by atoms with Gasteiger partial charge in [0.15, 0.2) is 0 Å². The molecule has 3 N–H and O–H groups in total. The van der Waals surface area contributed by atoms with E-state index in [0.29, 0.717) is 17.1 Å². The van der Waals surface area contributed by atoms with E-state index in [2.05, 4.69) is 11.5 Å². The van der Waals surface area contributed by atoms with Crippen molar-refractivity contribution in [2.75, 3.05) is 0 Å². The fourth-order valence-corrected chi connectivity index (χ4v) is 2.90. The Morgan fingerprint density at radius 1 is 1.03 bits per heavy atom. The SMILES string of the molecule is CC(C=Cc1cccc(Oc2ccc(C#N)cc2)c1)NO.Cc1ccc(S(=O)(=O)O)cc1. The summed E-state index contributed by atoms with van der Waals surface area (Å²) < 4.78 is 35.3. The molecule has 7 nitrogen and oxygen atoms in total. The van der Waals surface area contributed by atoms with Crippen molar-refractivity contribution in [3.05, 3.63) is 95.6 Å². The quantitative estimate of drug-likeness (QED) is 0.357. The van der Waals surface area contributed by atoms with Crippen molar-refractivity contribution in [3.63, 3.8) is 0 Å². The third-order valence-corrected chi connectivity index (χ3v) is 5.04. The maximum absolute atomic E-state index is 10.5. The Kier molecular flexibility index (Phi) is 9.13. The standard InChI is InChI=1S/C17H16N2O2.C7H8O3S/c1-13(19-20)5-6-14-3-2-4-17(11-14)21-16-9-7-15(12-18)8-10-16;1-6-2-4-7(5-3-6)11(8,9)10/h2-11,13,19-20H,1H3;2-5H,1H3,(H,8,9,10). The number of benzene rings is 3. The Morgan fingerprint density at radius 2 is 1.69 bits per heavy atom. The molecule has 0 heterocycles. The van der Waals surface area contributed by atoms with Crippen LogP contribution in [0.4, 0.5) is 0 Å². The highest BCUT2D eigenvalue weighted by atomic mass is 32.2. The van der Waals surface area contributed by atoms with Gasteiger partial charge in [0, 0.05) is 6.04 Å². The zero-order valence-electron chi connectivity index (χ0n) is 17.6. The first-order chi connectivity index (χ1) is 15.2. The Bertz CT molecular complexity index is 1180. The summed E-state index contributed by atoms with van der Waals surface area (Å²) in [6, 6.07) is 22.5. The third kappa shape index (κ3) is 8.34. The lowest BCUT2D eigenvalue weighted by Gasteiger charge is -2.07. The van der Waals surface area contributed by atoms with Crippen LogP contribution in [-0.4, -0.2) is 24.2 Å². The predicted octanol–water partition coefficient (Wildman–Crippen LogP) is 4.97. The summed E-state index contributed by atoms with van der Waals surface area (Å²) in [5.74, 6) is 1.40. The monoisotopic (exact) mass is 452 g/mol. The van der Waals surface area contributed by atoms with Gasteiger partial charge in [-0.15, -0.1) is 0 Å². The summed E-state index contributed by atoms with van der Waals surface area (Å²) >= 11 is 0. The molecule has 0 saturated heterocycles. The van der Waals surface area contributed by atoms with E-state index in [0.717, 1.165) is 11.1 Å². The number of rotatable bonds is 6. The van der Waals surface area contributed by atoms with Crippen molar-refractivity contribution in [2.45, 2.75) is 24.8 Å². The molecule has 0 radical (unpaired) electrons. The molecule has 0 saturated carbocycles. The van der Waals surface area contributed by atoms with Crippen LogP contribution < -0.4 is 10.2 Å². The van der Waals surface area contributed by atoms with E-state index in [1.165, 1.54) is 12.1 Å². The van der Waals surface area contributed by atoms with Gasteiger partial charge in [-0.3, -0.25) is 4.55 Å². The van der Waals surface area contributed by atoms with Crippen molar-refractivity contribution in [2.24, 2.45) is 0 Å². The largest absolute Gasteiger partial charge is 0.457 e. The fraction of sp³-hybridized carbons (Fsp3) is 0.125. The average molecular weight is 453 g/mol. The molecule has 3 aromatic carbocycles. The van der Waals surface area contributed by atoms with E-state index < -0.39 is 10.1 Å². The highest BCUT2D eigenvalue weighted by Gasteiger charge is 2.06. The summed E-state index contributed by atoms with van der Waals surface area (Å²) in [6.07, 6.45) is 3.75. The molecule has 1 atom stereocenters. The first-order valence-corrected chi connectivity index (χ1v) is 11.1. The third-order valence-electron chi connectivity index (χ3n) is 4.18. The summed E-state index contributed by atoms with van der Waals surface area (Å²) in [7, 11) is -4.02. The Balaban J connectivity index is 0.000000278. The van der Waals surface area contributed by atoms with E-state index in [1.807, 2.05) is 50.3 Å². The molecule has 0 aliphatic heterocycles. The summed E-state index contributed by atoms with van der Waals surface area (Å²) in [4.78, 5) is -0.0666. The normalized spacial score (nSPS) is 11.8. The molecule has 0 spiro atoms. The predicted molar refractivity (Wildman–Crippen MR) is 122 cm³/mol. The van der Waals surface area contributed by atoms with Gasteiger partial charge in [0.05, 0.1) is 16.5 Å². The maximum atomic E-state index is 10.5. The van der Waals surface area contributed by atoms with E-state index in [9.17, 15) is 8.42 Å².